The molecule has 2 N–H and O–H groups in total. The van der Waals surface area contributed by atoms with Crippen molar-refractivity contribution in [2.24, 2.45) is 5.92 Å². The molecular formula is C17H24N2O2. The van der Waals surface area contributed by atoms with Gasteiger partial charge in [0.05, 0.1) is 0 Å². The Morgan fingerprint density at radius 3 is 2.00 bits per heavy atom. The summed E-state index contributed by atoms with van der Waals surface area (Å²) in [4.78, 5) is 23.8. The Labute approximate surface area is 126 Å². The average molecular weight is 288 g/mol. The van der Waals surface area contributed by atoms with Gasteiger partial charge in [0.1, 0.15) is 0 Å². The number of rotatable bonds is 4. The minimum Gasteiger partial charge on any atom is -0.353 e. The van der Waals surface area contributed by atoms with Crippen molar-refractivity contribution in [3.05, 3.63) is 35.9 Å². The molecule has 1 aliphatic rings. The molecule has 0 radical (unpaired) electrons. The molecule has 21 heavy (non-hydrogen) atoms. The maximum absolute atomic E-state index is 12.1. The lowest BCUT2D eigenvalue weighted by atomic mass is 9.90. The molecule has 114 valence electrons. The van der Waals surface area contributed by atoms with Crippen LogP contribution < -0.4 is 10.6 Å². The summed E-state index contributed by atoms with van der Waals surface area (Å²) in [6.45, 7) is 3.81. The first kappa shape index (κ1) is 15.5. The fourth-order valence-electron chi connectivity index (χ4n) is 2.61. The predicted molar refractivity (Wildman–Crippen MR) is 82.9 cm³/mol. The van der Waals surface area contributed by atoms with Gasteiger partial charge in [-0.3, -0.25) is 9.59 Å². The highest BCUT2D eigenvalue weighted by Crippen LogP contribution is 2.19. The van der Waals surface area contributed by atoms with Crippen molar-refractivity contribution in [1.82, 2.24) is 10.6 Å². The van der Waals surface area contributed by atoms with E-state index >= 15 is 0 Å². The van der Waals surface area contributed by atoms with Crippen molar-refractivity contribution in [3.8, 4) is 0 Å². The third-order valence-corrected chi connectivity index (χ3v) is 3.97. The SMILES string of the molecule is CC(C)C(=O)NC1CCC(NC(=O)c2ccccc2)CC1. The minimum absolute atomic E-state index is 0.00901. The smallest absolute Gasteiger partial charge is 0.251 e. The lowest BCUT2D eigenvalue weighted by molar-refractivity contribution is -0.124. The molecule has 0 aromatic heterocycles. The Hall–Kier alpha value is -1.84. The van der Waals surface area contributed by atoms with E-state index in [1.165, 1.54) is 0 Å². The van der Waals surface area contributed by atoms with Gasteiger partial charge in [0, 0.05) is 23.6 Å². The Morgan fingerprint density at radius 2 is 1.48 bits per heavy atom. The van der Waals surface area contributed by atoms with E-state index in [0.717, 1.165) is 25.7 Å². The van der Waals surface area contributed by atoms with Gasteiger partial charge in [-0.05, 0) is 37.8 Å². The Morgan fingerprint density at radius 1 is 0.952 bits per heavy atom. The fourth-order valence-corrected chi connectivity index (χ4v) is 2.61. The molecule has 1 aromatic rings. The van der Waals surface area contributed by atoms with Gasteiger partial charge in [-0.1, -0.05) is 32.0 Å². The van der Waals surface area contributed by atoms with Gasteiger partial charge in [0.25, 0.3) is 5.91 Å². The van der Waals surface area contributed by atoms with Crippen LogP contribution in [0.15, 0.2) is 30.3 Å². The van der Waals surface area contributed by atoms with Crippen molar-refractivity contribution < 1.29 is 9.59 Å². The third-order valence-electron chi connectivity index (χ3n) is 3.97. The maximum Gasteiger partial charge on any atom is 0.251 e. The van der Waals surface area contributed by atoms with E-state index in [-0.39, 0.29) is 29.8 Å². The van der Waals surface area contributed by atoms with E-state index in [1.54, 1.807) is 0 Å². The van der Waals surface area contributed by atoms with E-state index in [1.807, 2.05) is 44.2 Å². The number of amides is 2. The van der Waals surface area contributed by atoms with E-state index in [2.05, 4.69) is 10.6 Å². The highest BCUT2D eigenvalue weighted by molar-refractivity contribution is 5.94. The molecule has 0 bridgehead atoms. The number of carbonyl (C=O) groups is 2. The summed E-state index contributed by atoms with van der Waals surface area (Å²) >= 11 is 0. The highest BCUT2D eigenvalue weighted by Gasteiger charge is 2.24. The molecule has 0 unspecified atom stereocenters. The first-order valence-electron chi connectivity index (χ1n) is 7.72. The molecule has 1 aliphatic carbocycles. The van der Waals surface area contributed by atoms with Crippen LogP contribution in [0.25, 0.3) is 0 Å². The summed E-state index contributed by atoms with van der Waals surface area (Å²) in [5.41, 5.74) is 0.702. The molecule has 0 heterocycles. The molecule has 2 amide bonds. The van der Waals surface area contributed by atoms with Crippen LogP contribution in [0.3, 0.4) is 0 Å². The van der Waals surface area contributed by atoms with Crippen molar-refractivity contribution in [1.29, 1.82) is 0 Å². The number of carbonyl (C=O) groups excluding carboxylic acids is 2. The van der Waals surface area contributed by atoms with Gasteiger partial charge in [-0.25, -0.2) is 0 Å². The minimum atomic E-state index is -0.00901. The van der Waals surface area contributed by atoms with Gasteiger partial charge in [0.2, 0.25) is 5.91 Å². The van der Waals surface area contributed by atoms with Gasteiger partial charge in [-0.15, -0.1) is 0 Å². The zero-order chi connectivity index (χ0) is 15.2. The summed E-state index contributed by atoms with van der Waals surface area (Å²) in [5.74, 6) is 0.137. The van der Waals surface area contributed by atoms with Gasteiger partial charge < -0.3 is 10.6 Å². The zero-order valence-electron chi connectivity index (χ0n) is 12.8. The number of hydrogen-bond donors (Lipinski definition) is 2. The lowest BCUT2D eigenvalue weighted by Crippen LogP contribution is -2.44. The van der Waals surface area contributed by atoms with Gasteiger partial charge in [-0.2, -0.15) is 0 Å². The van der Waals surface area contributed by atoms with Crippen LogP contribution in [0, 0.1) is 5.92 Å². The lowest BCUT2D eigenvalue weighted by Gasteiger charge is -2.30. The first-order valence-corrected chi connectivity index (χ1v) is 7.72. The summed E-state index contributed by atoms with van der Waals surface area (Å²) in [6, 6.07) is 9.75. The first-order chi connectivity index (χ1) is 10.1. The molecule has 1 fully saturated rings. The number of nitrogens with one attached hydrogen (secondary N) is 2. The topological polar surface area (TPSA) is 58.2 Å². The Kier molecular flexibility index (Phi) is 5.37. The molecule has 2 rings (SSSR count). The molecule has 0 aliphatic heterocycles. The fraction of sp³-hybridized carbons (Fsp3) is 0.529. The van der Waals surface area contributed by atoms with E-state index in [0.29, 0.717) is 5.56 Å². The summed E-state index contributed by atoms with van der Waals surface area (Å²) in [7, 11) is 0. The number of benzene rings is 1. The second kappa shape index (κ2) is 7.25. The molecule has 1 saturated carbocycles. The normalized spacial score (nSPS) is 21.9. The van der Waals surface area contributed by atoms with E-state index in [9.17, 15) is 9.59 Å². The van der Waals surface area contributed by atoms with Crippen LogP contribution >= 0.6 is 0 Å². The molecule has 4 heteroatoms. The molecule has 0 saturated heterocycles. The summed E-state index contributed by atoms with van der Waals surface area (Å²) < 4.78 is 0. The van der Waals surface area contributed by atoms with Gasteiger partial charge >= 0.3 is 0 Å². The Balaban J connectivity index is 1.77. The largest absolute Gasteiger partial charge is 0.353 e. The van der Waals surface area contributed by atoms with Crippen molar-refractivity contribution in [2.45, 2.75) is 51.6 Å². The molecule has 4 nitrogen and oxygen atoms in total. The van der Waals surface area contributed by atoms with E-state index in [4.69, 9.17) is 0 Å². The zero-order valence-corrected chi connectivity index (χ0v) is 12.8. The Bertz CT molecular complexity index is 477. The molecule has 0 spiro atoms. The quantitative estimate of drug-likeness (QED) is 0.894. The van der Waals surface area contributed by atoms with Crippen LogP contribution in [0.5, 0.6) is 0 Å². The van der Waals surface area contributed by atoms with Crippen LogP contribution in [0.4, 0.5) is 0 Å². The number of hydrogen-bond acceptors (Lipinski definition) is 2. The second-order valence-electron chi connectivity index (χ2n) is 6.05. The van der Waals surface area contributed by atoms with E-state index < -0.39 is 0 Å². The van der Waals surface area contributed by atoms with Crippen molar-refractivity contribution in [3.63, 3.8) is 0 Å². The standard InChI is InChI=1S/C17H24N2O2/c1-12(2)16(20)18-14-8-10-15(11-9-14)19-17(21)13-6-4-3-5-7-13/h3-7,12,14-15H,8-11H2,1-2H3,(H,18,20)(H,19,21). The average Bonchev–Trinajstić information content (AvgIpc) is 2.50. The van der Waals surface area contributed by atoms with Crippen LogP contribution in [-0.4, -0.2) is 23.9 Å². The molecule has 1 aromatic carbocycles. The van der Waals surface area contributed by atoms with Gasteiger partial charge in [0.15, 0.2) is 0 Å². The highest BCUT2D eigenvalue weighted by atomic mass is 16.2. The maximum atomic E-state index is 12.1. The van der Waals surface area contributed by atoms with Crippen molar-refractivity contribution >= 4 is 11.8 Å². The summed E-state index contributed by atoms with van der Waals surface area (Å²) in [5, 5.41) is 6.15. The van der Waals surface area contributed by atoms with Crippen molar-refractivity contribution in [2.75, 3.05) is 0 Å². The molecular weight excluding hydrogens is 264 g/mol. The van der Waals surface area contributed by atoms with Crippen LogP contribution in [-0.2, 0) is 4.79 Å². The predicted octanol–water partition coefficient (Wildman–Crippen LogP) is 2.50. The monoisotopic (exact) mass is 288 g/mol. The molecule has 0 atom stereocenters. The third kappa shape index (κ3) is 4.59. The van der Waals surface area contributed by atoms with Crippen LogP contribution in [0.1, 0.15) is 49.9 Å². The van der Waals surface area contributed by atoms with Crippen LogP contribution in [0.2, 0.25) is 0 Å². The second-order valence-corrected chi connectivity index (χ2v) is 6.05. The summed E-state index contributed by atoms with van der Waals surface area (Å²) in [6.07, 6.45) is 3.69.